The van der Waals surface area contributed by atoms with E-state index in [1.807, 2.05) is 69.1 Å². The number of ether oxygens (including phenoxy) is 2. The third-order valence-corrected chi connectivity index (χ3v) is 16.0. The summed E-state index contributed by atoms with van der Waals surface area (Å²) in [5.74, 6) is -0.626. The lowest BCUT2D eigenvalue weighted by Gasteiger charge is -2.55. The first-order chi connectivity index (χ1) is 25.3. The first kappa shape index (κ1) is 41.6. The summed E-state index contributed by atoms with van der Waals surface area (Å²) in [6, 6.07) is -0.512. The molecule has 54 heavy (non-hydrogen) atoms. The van der Waals surface area contributed by atoms with E-state index in [-0.39, 0.29) is 33.6 Å². The van der Waals surface area contributed by atoms with Crippen LogP contribution in [0.2, 0.25) is 18.1 Å². The van der Waals surface area contributed by atoms with Crippen LogP contribution in [0, 0.1) is 11.8 Å². The van der Waals surface area contributed by atoms with Crippen molar-refractivity contribution >= 4 is 31.8 Å². The highest BCUT2D eigenvalue weighted by molar-refractivity contribution is 6.74. The van der Waals surface area contributed by atoms with Crippen molar-refractivity contribution in [3.63, 3.8) is 0 Å². The fourth-order valence-electron chi connectivity index (χ4n) is 7.81. The maximum absolute atomic E-state index is 15.4. The van der Waals surface area contributed by atoms with E-state index in [2.05, 4.69) is 52.9 Å². The van der Waals surface area contributed by atoms with Crippen molar-refractivity contribution in [1.82, 2.24) is 19.9 Å². The number of aliphatic hydroxyl groups excluding tert-OH is 1. The summed E-state index contributed by atoms with van der Waals surface area (Å²) in [7, 11) is 8.84. The first-order valence-electron chi connectivity index (χ1n) is 19.5. The molecule has 0 saturated carbocycles. The van der Waals surface area contributed by atoms with Crippen LogP contribution in [-0.2, 0) is 10.8 Å². The third-order valence-electron chi connectivity index (χ3n) is 11.6. The molecule has 2 aromatic rings. The van der Waals surface area contributed by atoms with Gasteiger partial charge in [-0.25, -0.2) is 4.98 Å². The summed E-state index contributed by atoms with van der Waals surface area (Å²) in [4.78, 5) is 41.9. The van der Waals surface area contributed by atoms with E-state index in [9.17, 15) is 5.11 Å². The highest BCUT2D eigenvalue weighted by Crippen LogP contribution is 2.60. The minimum Gasteiger partial charge on any atom is -0.508 e. The number of Topliss-reactive ketones (excluding diaryl/α,β-unsaturated/α-hetero) is 2. The van der Waals surface area contributed by atoms with Crippen LogP contribution >= 0.6 is 0 Å². The van der Waals surface area contributed by atoms with Gasteiger partial charge in [-0.05, 0) is 89.2 Å². The molecule has 3 aliphatic rings. The molecule has 3 aliphatic carbocycles. The van der Waals surface area contributed by atoms with E-state index < -0.39 is 37.6 Å². The molecule has 0 radical (unpaired) electrons. The predicted molar refractivity (Wildman–Crippen MR) is 215 cm³/mol. The Morgan fingerprint density at radius 1 is 1.00 bits per heavy atom. The smallest absolute Gasteiger partial charge is 0.265 e. The van der Waals surface area contributed by atoms with E-state index in [0.29, 0.717) is 61.2 Å². The number of allylic oxidation sites excluding steroid dienone is 1. The molecule has 0 saturated heterocycles. The average molecular weight is 766 g/mol. The largest absolute Gasteiger partial charge is 0.508 e. The molecule has 298 valence electrons. The number of fused-ring (bicyclic) bond motifs is 4. The van der Waals surface area contributed by atoms with Crippen LogP contribution in [-0.4, -0.2) is 113 Å². The maximum atomic E-state index is 15.4. The Hall–Kier alpha value is -3.52. The van der Waals surface area contributed by atoms with Crippen LogP contribution < -0.4 is 14.4 Å². The second-order valence-corrected chi connectivity index (χ2v) is 22.1. The Balaban J connectivity index is 1.82. The van der Waals surface area contributed by atoms with Crippen molar-refractivity contribution in [2.24, 2.45) is 11.8 Å². The Labute approximate surface area is 323 Å². The molecule has 13 heteroatoms. The molecule has 0 unspecified atom stereocenters. The van der Waals surface area contributed by atoms with Crippen molar-refractivity contribution in [1.29, 1.82) is 0 Å². The number of aromatic nitrogens is 2. The molecule has 0 aliphatic heterocycles. The highest BCUT2D eigenvalue weighted by atomic mass is 28.4. The van der Waals surface area contributed by atoms with E-state index in [1.165, 1.54) is 0 Å². The summed E-state index contributed by atoms with van der Waals surface area (Å²) in [6.07, 6.45) is 8.08. The van der Waals surface area contributed by atoms with Gasteiger partial charge in [-0.1, -0.05) is 53.5 Å². The zero-order chi connectivity index (χ0) is 39.9. The normalized spacial score (nSPS) is 22.8. The van der Waals surface area contributed by atoms with E-state index in [1.54, 1.807) is 0 Å². The number of nitrogens with zero attached hydrogens (tertiary/aromatic N) is 5. The van der Waals surface area contributed by atoms with Gasteiger partial charge in [0, 0.05) is 37.7 Å². The van der Waals surface area contributed by atoms with Gasteiger partial charge in [0.05, 0.1) is 24.8 Å². The number of ketones is 2. The summed E-state index contributed by atoms with van der Waals surface area (Å²) in [6.45, 7) is 16.0. The molecule has 2 aromatic heterocycles. The van der Waals surface area contributed by atoms with Crippen LogP contribution in [0.1, 0.15) is 110 Å². The van der Waals surface area contributed by atoms with Gasteiger partial charge in [0.15, 0.2) is 31.2 Å². The first-order valence-corrected chi connectivity index (χ1v) is 22.4. The highest BCUT2D eigenvalue weighted by Gasteiger charge is 2.67. The molecule has 5 rings (SSSR count). The monoisotopic (exact) mass is 765 g/mol. The fraction of sp³-hybridized carbons (Fsp3) is 0.659. The molecule has 4 atom stereocenters. The van der Waals surface area contributed by atoms with Gasteiger partial charge in [-0.2, -0.15) is 0 Å². The third kappa shape index (κ3) is 7.28. The number of likely N-dealkylation sites (N-methyl/N-ethyl adjacent to an activating group) is 1. The van der Waals surface area contributed by atoms with Crippen molar-refractivity contribution in [3.05, 3.63) is 45.6 Å². The van der Waals surface area contributed by atoms with Crippen molar-refractivity contribution in [2.75, 3.05) is 66.9 Å². The topological polar surface area (TPSA) is 131 Å². The number of hydrogen-bond donors (Lipinski definition) is 1. The zero-order valence-electron chi connectivity index (χ0n) is 34.9. The van der Waals surface area contributed by atoms with Gasteiger partial charge in [0.2, 0.25) is 5.78 Å². The van der Waals surface area contributed by atoms with Crippen LogP contribution in [0.5, 0.6) is 11.6 Å². The maximum Gasteiger partial charge on any atom is 0.265 e. The number of carbonyl (C=O) groups excluding carboxylic acids is 2. The molecular weight excluding hydrogens is 703 g/mol. The van der Waals surface area contributed by atoms with Crippen LogP contribution in [0.15, 0.2) is 21.9 Å². The molecule has 2 heterocycles. The van der Waals surface area contributed by atoms with E-state index >= 15 is 9.59 Å². The summed E-state index contributed by atoms with van der Waals surface area (Å²) in [5.41, 5.74) is 0.201. The van der Waals surface area contributed by atoms with Crippen LogP contribution in [0.4, 0.5) is 5.82 Å². The lowest BCUT2D eigenvalue weighted by molar-refractivity contribution is -0.0480. The molecule has 0 fully saturated rings. The molecule has 0 aromatic carbocycles. The van der Waals surface area contributed by atoms with Gasteiger partial charge in [-0.15, -0.1) is 0 Å². The minimum atomic E-state index is -2.84. The Kier molecular flexibility index (Phi) is 12.3. The van der Waals surface area contributed by atoms with Crippen LogP contribution in [0.25, 0.3) is 6.08 Å². The SMILES string of the molecule is CCCCOc1noc2c1C(=O)[C@@]1(O[Si](C)(C)C(C)(C)C)C(O)=C3C(=O)c4c(c(N(C)C)nc(C=CCN(C)C)c4OCCCC)C[C@H]3C[C@H]1[C@@H]2N(C)C. The quantitative estimate of drug-likeness (QED) is 0.142. The standard InChI is InChI=1S/C41H63N5O7Si/c1-14-16-21-50-34-28(19-18-20-44(6)7)42-38(46(10)11)26-23-25-24-27-32(45(8)9)35-31(39(43-52-35)51-22-17-15-2)37(49)41(27,53-54(12,13)40(3,4)5)36(48)29(25)33(47)30(26)34/h18-19,25,27,32,48H,14-17,20-24H2,1-13H3/t25-,27-,32-,41-/m0/s1. The average Bonchev–Trinajstić information content (AvgIpc) is 3.49. The van der Waals surface area contributed by atoms with Crippen molar-refractivity contribution in [3.8, 4) is 11.6 Å². The summed E-state index contributed by atoms with van der Waals surface area (Å²) >= 11 is 0. The number of hydrogen-bond acceptors (Lipinski definition) is 12. The Morgan fingerprint density at radius 2 is 1.65 bits per heavy atom. The lowest BCUT2D eigenvalue weighted by Crippen LogP contribution is -2.65. The van der Waals surface area contributed by atoms with E-state index in [0.717, 1.165) is 31.2 Å². The lowest BCUT2D eigenvalue weighted by atomic mass is 9.58. The molecule has 1 N–H and O–H groups in total. The fourth-order valence-corrected chi connectivity index (χ4v) is 9.26. The number of anilines is 1. The minimum absolute atomic E-state index is 0.0923. The number of pyridine rings is 1. The van der Waals surface area contributed by atoms with E-state index in [4.69, 9.17) is 23.4 Å². The van der Waals surface area contributed by atoms with Gasteiger partial charge < -0.3 is 33.3 Å². The Bertz CT molecular complexity index is 1790. The molecule has 0 amide bonds. The number of unbranched alkanes of at least 4 members (excludes halogenated alkanes) is 2. The van der Waals surface area contributed by atoms with Gasteiger partial charge in [0.1, 0.15) is 22.8 Å². The van der Waals surface area contributed by atoms with Crippen molar-refractivity contribution in [2.45, 2.75) is 103 Å². The second kappa shape index (κ2) is 15.9. The van der Waals surface area contributed by atoms with Gasteiger partial charge in [-0.3, -0.25) is 14.5 Å². The van der Waals surface area contributed by atoms with Crippen LogP contribution in [0.3, 0.4) is 0 Å². The number of rotatable bonds is 15. The predicted octanol–water partition coefficient (Wildman–Crippen LogP) is 7.52. The molecule has 0 spiro atoms. The van der Waals surface area contributed by atoms with Gasteiger partial charge in [0.25, 0.3) is 5.88 Å². The number of aliphatic hydroxyl groups is 1. The van der Waals surface area contributed by atoms with Gasteiger partial charge >= 0.3 is 0 Å². The molecule has 12 nitrogen and oxygen atoms in total. The van der Waals surface area contributed by atoms with Crippen molar-refractivity contribution < 1.29 is 33.1 Å². The summed E-state index contributed by atoms with van der Waals surface area (Å²) < 4.78 is 25.9. The molecular formula is C41H63N5O7Si. The Morgan fingerprint density at radius 3 is 2.22 bits per heavy atom. The molecule has 0 bridgehead atoms. The number of carbonyl (C=O) groups is 2. The summed E-state index contributed by atoms with van der Waals surface area (Å²) in [5, 5.41) is 17.0. The zero-order valence-corrected chi connectivity index (χ0v) is 35.9. The second-order valence-electron chi connectivity index (χ2n) is 17.4.